The van der Waals surface area contributed by atoms with Gasteiger partial charge in [0.15, 0.2) is 0 Å². The Morgan fingerprint density at radius 3 is 1.94 bits per heavy atom. The number of non-ortho nitro benzene ring substituents is 1. The van der Waals surface area contributed by atoms with Crippen LogP contribution in [0.15, 0.2) is 54.6 Å². The Labute approximate surface area is 211 Å². The number of nitro groups is 1. The highest BCUT2D eigenvalue weighted by Gasteiger charge is 2.13. The lowest BCUT2D eigenvalue weighted by Gasteiger charge is -2.10. The predicted octanol–water partition coefficient (Wildman–Crippen LogP) is 8.34. The van der Waals surface area contributed by atoms with Gasteiger partial charge >= 0.3 is 0 Å². The van der Waals surface area contributed by atoms with Crippen molar-refractivity contribution in [3.8, 4) is 0 Å². The molecule has 0 spiro atoms. The van der Waals surface area contributed by atoms with Gasteiger partial charge < -0.3 is 5.32 Å². The lowest BCUT2D eigenvalue weighted by atomic mass is 10.0. The second-order valence-electron chi connectivity index (χ2n) is 9.27. The van der Waals surface area contributed by atoms with Crippen molar-refractivity contribution in [1.82, 2.24) is 5.32 Å². The number of amides is 1. The van der Waals surface area contributed by atoms with Gasteiger partial charge in [-0.1, -0.05) is 126 Å². The van der Waals surface area contributed by atoms with Crippen molar-refractivity contribution < 1.29 is 9.72 Å². The topological polar surface area (TPSA) is 72.2 Å². The van der Waals surface area contributed by atoms with E-state index in [0.29, 0.717) is 17.7 Å². The number of unbranched alkanes of at least 4 members (excludes halogenated alkanes) is 12. The first-order valence-electron chi connectivity index (χ1n) is 13.4. The van der Waals surface area contributed by atoms with Gasteiger partial charge in [0.2, 0.25) is 0 Å². The Balaban J connectivity index is 1.72. The standard InChI is InChI=1S/C30H42N2O3/c1-2-3-4-5-6-7-8-9-10-11-12-13-17-23-31-30(33)29(27-20-15-14-16-21-27)25-26-19-18-22-28(24-26)32(34)35/h14-16,18-22,24-25H,2-13,17,23H2,1H3,(H,31,33). The Morgan fingerprint density at radius 1 is 0.800 bits per heavy atom. The second kappa shape index (κ2) is 17.5. The van der Waals surface area contributed by atoms with Gasteiger partial charge in [-0.3, -0.25) is 14.9 Å². The number of hydrogen-bond donors (Lipinski definition) is 1. The number of nitrogens with zero attached hydrogens (tertiary/aromatic N) is 1. The zero-order valence-electron chi connectivity index (χ0n) is 21.3. The van der Waals surface area contributed by atoms with Crippen LogP contribution in [0.4, 0.5) is 5.69 Å². The van der Waals surface area contributed by atoms with Crippen LogP contribution in [0.2, 0.25) is 0 Å². The molecule has 5 heteroatoms. The number of carbonyl (C=O) groups excluding carboxylic acids is 1. The van der Waals surface area contributed by atoms with E-state index in [1.165, 1.54) is 82.8 Å². The Kier molecular flexibility index (Phi) is 14.1. The molecule has 0 saturated heterocycles. The zero-order valence-corrected chi connectivity index (χ0v) is 21.3. The molecule has 1 N–H and O–H groups in total. The summed E-state index contributed by atoms with van der Waals surface area (Å²) in [5.41, 5.74) is 1.95. The summed E-state index contributed by atoms with van der Waals surface area (Å²) < 4.78 is 0. The fraction of sp³-hybridized carbons (Fsp3) is 0.500. The number of carbonyl (C=O) groups is 1. The van der Waals surface area contributed by atoms with E-state index >= 15 is 0 Å². The van der Waals surface area contributed by atoms with Gasteiger partial charge in [0.25, 0.3) is 11.6 Å². The van der Waals surface area contributed by atoms with Crippen LogP contribution in [0.25, 0.3) is 11.6 Å². The summed E-state index contributed by atoms with van der Waals surface area (Å²) in [5, 5.41) is 14.1. The van der Waals surface area contributed by atoms with E-state index in [2.05, 4.69) is 12.2 Å². The summed E-state index contributed by atoms with van der Waals surface area (Å²) >= 11 is 0. The highest BCUT2D eigenvalue weighted by molar-refractivity contribution is 6.24. The monoisotopic (exact) mass is 478 g/mol. The molecule has 2 aromatic rings. The van der Waals surface area contributed by atoms with Gasteiger partial charge in [0.1, 0.15) is 0 Å². The number of nitro benzene ring substituents is 1. The molecular formula is C30H42N2O3. The normalized spacial score (nSPS) is 11.4. The average Bonchev–Trinajstić information content (AvgIpc) is 2.88. The van der Waals surface area contributed by atoms with Crippen LogP contribution < -0.4 is 5.32 Å². The van der Waals surface area contributed by atoms with Crippen molar-refractivity contribution >= 4 is 23.2 Å². The number of nitrogens with one attached hydrogen (secondary N) is 1. The maximum Gasteiger partial charge on any atom is 0.270 e. The molecule has 1 amide bonds. The van der Waals surface area contributed by atoms with Crippen LogP contribution in [0.1, 0.15) is 102 Å². The number of hydrogen-bond acceptors (Lipinski definition) is 3. The lowest BCUT2D eigenvalue weighted by molar-refractivity contribution is -0.384. The van der Waals surface area contributed by atoms with Crippen molar-refractivity contribution in [3.63, 3.8) is 0 Å². The minimum Gasteiger partial charge on any atom is -0.352 e. The Bertz CT molecular complexity index is 909. The maximum atomic E-state index is 13.0. The van der Waals surface area contributed by atoms with E-state index in [0.717, 1.165) is 18.4 Å². The van der Waals surface area contributed by atoms with Gasteiger partial charge in [-0.25, -0.2) is 0 Å². The second-order valence-corrected chi connectivity index (χ2v) is 9.27. The molecule has 0 bridgehead atoms. The Hall–Kier alpha value is -2.95. The molecule has 0 heterocycles. The summed E-state index contributed by atoms with van der Waals surface area (Å²) in [4.78, 5) is 23.7. The first-order chi connectivity index (χ1) is 17.1. The summed E-state index contributed by atoms with van der Waals surface area (Å²) in [7, 11) is 0. The fourth-order valence-corrected chi connectivity index (χ4v) is 4.23. The smallest absolute Gasteiger partial charge is 0.270 e. The molecule has 0 radical (unpaired) electrons. The van der Waals surface area contributed by atoms with Crippen molar-refractivity contribution in [2.75, 3.05) is 6.54 Å². The van der Waals surface area contributed by atoms with Crippen LogP contribution in [-0.4, -0.2) is 17.4 Å². The summed E-state index contributed by atoms with van der Waals surface area (Å²) in [6.07, 6.45) is 18.5. The first kappa shape index (κ1) is 28.3. The third-order valence-corrected chi connectivity index (χ3v) is 6.29. The first-order valence-corrected chi connectivity index (χ1v) is 13.4. The minimum absolute atomic E-state index is 0.0125. The molecule has 2 rings (SSSR count). The SMILES string of the molecule is CCCCCCCCCCCCCCCNC(=O)C(=Cc1cccc([N+](=O)[O-])c1)c1ccccc1. The van der Waals surface area contributed by atoms with E-state index in [1.54, 1.807) is 18.2 Å². The molecule has 0 unspecified atom stereocenters. The van der Waals surface area contributed by atoms with Crippen molar-refractivity contribution in [2.24, 2.45) is 0 Å². The van der Waals surface area contributed by atoms with Crippen molar-refractivity contribution in [2.45, 2.75) is 90.4 Å². The maximum absolute atomic E-state index is 13.0. The molecule has 0 aliphatic rings. The van der Waals surface area contributed by atoms with E-state index in [4.69, 9.17) is 0 Å². The fourth-order valence-electron chi connectivity index (χ4n) is 4.23. The Morgan fingerprint density at radius 2 is 1.37 bits per heavy atom. The molecule has 2 aromatic carbocycles. The van der Waals surface area contributed by atoms with Crippen LogP contribution in [0.5, 0.6) is 0 Å². The molecule has 0 aliphatic heterocycles. The third kappa shape index (κ3) is 11.8. The quantitative estimate of drug-likeness (QED) is 0.0769. The molecule has 0 saturated carbocycles. The molecule has 0 atom stereocenters. The summed E-state index contributed by atoms with van der Waals surface area (Å²) in [6.45, 7) is 2.89. The van der Waals surface area contributed by atoms with E-state index in [-0.39, 0.29) is 11.6 Å². The largest absolute Gasteiger partial charge is 0.352 e. The molecule has 0 fully saturated rings. The van der Waals surface area contributed by atoms with Crippen LogP contribution in [-0.2, 0) is 4.79 Å². The molecular weight excluding hydrogens is 436 g/mol. The predicted molar refractivity (Wildman–Crippen MR) is 146 cm³/mol. The lowest BCUT2D eigenvalue weighted by Crippen LogP contribution is -2.25. The highest BCUT2D eigenvalue weighted by Crippen LogP contribution is 2.21. The molecule has 5 nitrogen and oxygen atoms in total. The summed E-state index contributed by atoms with van der Waals surface area (Å²) in [5.74, 6) is -0.151. The van der Waals surface area contributed by atoms with Gasteiger partial charge in [-0.2, -0.15) is 0 Å². The number of benzene rings is 2. The third-order valence-electron chi connectivity index (χ3n) is 6.29. The van der Waals surface area contributed by atoms with Crippen LogP contribution in [0.3, 0.4) is 0 Å². The molecule has 35 heavy (non-hydrogen) atoms. The van der Waals surface area contributed by atoms with Gasteiger partial charge in [-0.05, 0) is 23.6 Å². The molecule has 0 aliphatic carbocycles. The van der Waals surface area contributed by atoms with E-state index in [1.807, 2.05) is 30.3 Å². The number of rotatable bonds is 18. The van der Waals surface area contributed by atoms with Crippen molar-refractivity contribution in [1.29, 1.82) is 0 Å². The summed E-state index contributed by atoms with van der Waals surface area (Å²) in [6, 6.07) is 15.8. The van der Waals surface area contributed by atoms with Crippen LogP contribution >= 0.6 is 0 Å². The molecule has 0 aromatic heterocycles. The van der Waals surface area contributed by atoms with Gasteiger partial charge in [0, 0.05) is 24.3 Å². The highest BCUT2D eigenvalue weighted by atomic mass is 16.6. The van der Waals surface area contributed by atoms with Crippen molar-refractivity contribution in [3.05, 3.63) is 75.8 Å². The van der Waals surface area contributed by atoms with E-state index in [9.17, 15) is 14.9 Å². The van der Waals surface area contributed by atoms with Gasteiger partial charge in [0.05, 0.1) is 4.92 Å². The zero-order chi connectivity index (χ0) is 25.1. The molecule has 190 valence electrons. The van der Waals surface area contributed by atoms with Gasteiger partial charge in [-0.15, -0.1) is 0 Å². The van der Waals surface area contributed by atoms with E-state index < -0.39 is 4.92 Å². The van der Waals surface area contributed by atoms with Crippen LogP contribution in [0, 0.1) is 10.1 Å². The average molecular weight is 479 g/mol. The minimum atomic E-state index is -0.422.